The van der Waals surface area contributed by atoms with Gasteiger partial charge in [-0.3, -0.25) is 4.79 Å². The number of halogens is 3. The van der Waals surface area contributed by atoms with Gasteiger partial charge in [-0.2, -0.15) is 0 Å². The van der Waals surface area contributed by atoms with E-state index in [0.717, 1.165) is 17.2 Å². The van der Waals surface area contributed by atoms with Crippen LogP contribution in [0.1, 0.15) is 17.5 Å². The van der Waals surface area contributed by atoms with Gasteiger partial charge in [0.15, 0.2) is 11.6 Å². The highest BCUT2D eigenvalue weighted by Crippen LogP contribution is 2.37. The first-order chi connectivity index (χ1) is 13.9. The van der Waals surface area contributed by atoms with Gasteiger partial charge in [-0.1, -0.05) is 36.4 Å². The average Bonchev–Trinajstić information content (AvgIpc) is 2.70. The van der Waals surface area contributed by atoms with Crippen LogP contribution < -0.4 is 10.5 Å². The smallest absolute Gasteiger partial charge is 0.324 e. The third-order valence-corrected chi connectivity index (χ3v) is 5.31. The zero-order valence-corrected chi connectivity index (χ0v) is 16.7. The number of hydrogen-bond acceptors (Lipinski definition) is 3. The minimum atomic E-state index is -1.30. The molecule has 0 heterocycles. The molecule has 4 rings (SSSR count). The molecule has 30 heavy (non-hydrogen) atoms. The summed E-state index contributed by atoms with van der Waals surface area (Å²) in [7, 11) is 0. The molecule has 0 radical (unpaired) electrons. The molecule has 3 aromatic carbocycles. The largest absolute Gasteiger partial charge is 0.480 e. The molecule has 1 atom stereocenters. The maximum absolute atomic E-state index is 14.3. The van der Waals surface area contributed by atoms with Crippen LogP contribution in [0.2, 0.25) is 0 Å². The summed E-state index contributed by atoms with van der Waals surface area (Å²) in [5, 5.41) is 9.42. The van der Waals surface area contributed by atoms with Crippen molar-refractivity contribution < 1.29 is 23.4 Å². The second kappa shape index (κ2) is 8.42. The number of rotatable bonds is 4. The minimum absolute atomic E-state index is 0. The van der Waals surface area contributed by atoms with Gasteiger partial charge < -0.3 is 15.6 Å². The van der Waals surface area contributed by atoms with Crippen LogP contribution in [0.3, 0.4) is 0 Å². The number of fused-ring (bicyclic) bond motifs is 1. The van der Waals surface area contributed by atoms with Crippen molar-refractivity contribution in [3.63, 3.8) is 0 Å². The van der Waals surface area contributed by atoms with Gasteiger partial charge in [0.2, 0.25) is 0 Å². The predicted octanol–water partition coefficient (Wildman–Crippen LogP) is 5.12. The van der Waals surface area contributed by atoms with Gasteiger partial charge in [-0.15, -0.1) is 12.4 Å². The lowest BCUT2D eigenvalue weighted by Gasteiger charge is -2.31. The number of aliphatic carboxylic acids is 1. The number of ether oxygens (including phenoxy) is 1. The normalized spacial score (nSPS) is 17.6. The SMILES string of the molecule is Cl.NC1(C(=O)O)CCc2ccc(Oc3ccccc3-c3cccc(F)c3F)cc2C1. The van der Waals surface area contributed by atoms with E-state index in [1.807, 2.05) is 6.07 Å². The second-order valence-corrected chi connectivity index (χ2v) is 7.27. The molecule has 3 aromatic rings. The van der Waals surface area contributed by atoms with Crippen LogP contribution in [-0.2, 0) is 17.6 Å². The van der Waals surface area contributed by atoms with Crippen molar-refractivity contribution in [3.8, 4) is 22.6 Å². The van der Waals surface area contributed by atoms with Gasteiger partial charge in [0.25, 0.3) is 0 Å². The van der Waals surface area contributed by atoms with Crippen molar-refractivity contribution in [2.75, 3.05) is 0 Å². The lowest BCUT2D eigenvalue weighted by molar-refractivity contribution is -0.143. The third-order valence-electron chi connectivity index (χ3n) is 5.31. The summed E-state index contributed by atoms with van der Waals surface area (Å²) in [4.78, 5) is 11.5. The van der Waals surface area contributed by atoms with E-state index in [-0.39, 0.29) is 24.4 Å². The Morgan fingerprint density at radius 1 is 1.00 bits per heavy atom. The molecule has 0 aromatic heterocycles. The molecule has 0 saturated heterocycles. The fraction of sp³-hybridized carbons (Fsp3) is 0.174. The first kappa shape index (κ1) is 21.7. The van der Waals surface area contributed by atoms with Gasteiger partial charge in [-0.05, 0) is 48.2 Å². The number of carbonyl (C=O) groups is 1. The van der Waals surface area contributed by atoms with Crippen LogP contribution in [0.5, 0.6) is 11.5 Å². The predicted molar refractivity (Wildman–Crippen MR) is 112 cm³/mol. The van der Waals surface area contributed by atoms with Crippen molar-refractivity contribution in [3.05, 3.63) is 83.4 Å². The molecular weight excluding hydrogens is 412 g/mol. The summed E-state index contributed by atoms with van der Waals surface area (Å²) < 4.78 is 33.9. The van der Waals surface area contributed by atoms with Crippen molar-refractivity contribution in [2.45, 2.75) is 24.8 Å². The van der Waals surface area contributed by atoms with Crippen molar-refractivity contribution in [1.29, 1.82) is 0 Å². The summed E-state index contributed by atoms with van der Waals surface area (Å²) in [5.41, 5.74) is 7.10. The number of hydrogen-bond donors (Lipinski definition) is 2. The molecule has 0 spiro atoms. The van der Waals surface area contributed by atoms with E-state index in [2.05, 4.69) is 0 Å². The second-order valence-electron chi connectivity index (χ2n) is 7.27. The van der Waals surface area contributed by atoms with Crippen LogP contribution in [0, 0.1) is 11.6 Å². The van der Waals surface area contributed by atoms with Gasteiger partial charge >= 0.3 is 5.97 Å². The van der Waals surface area contributed by atoms with E-state index in [9.17, 15) is 18.7 Å². The van der Waals surface area contributed by atoms with Gasteiger partial charge in [0.1, 0.15) is 17.0 Å². The zero-order chi connectivity index (χ0) is 20.6. The molecule has 1 aliphatic rings. The zero-order valence-electron chi connectivity index (χ0n) is 15.9. The van der Waals surface area contributed by atoms with Crippen LogP contribution in [-0.4, -0.2) is 16.6 Å². The molecule has 1 aliphatic carbocycles. The first-order valence-electron chi connectivity index (χ1n) is 9.23. The van der Waals surface area contributed by atoms with E-state index >= 15 is 0 Å². The maximum Gasteiger partial charge on any atom is 0.324 e. The molecular formula is C23H20ClF2NO3. The van der Waals surface area contributed by atoms with E-state index in [1.54, 1.807) is 36.4 Å². The van der Waals surface area contributed by atoms with E-state index in [0.29, 0.717) is 29.9 Å². The molecule has 0 amide bonds. The van der Waals surface area contributed by atoms with Gasteiger partial charge in [0, 0.05) is 17.5 Å². The Labute approximate surface area is 178 Å². The van der Waals surface area contributed by atoms with E-state index < -0.39 is 23.1 Å². The van der Waals surface area contributed by atoms with Crippen molar-refractivity contribution in [1.82, 2.24) is 0 Å². The van der Waals surface area contributed by atoms with Gasteiger partial charge in [-0.25, -0.2) is 8.78 Å². The maximum atomic E-state index is 14.3. The molecule has 4 nitrogen and oxygen atoms in total. The Morgan fingerprint density at radius 2 is 1.73 bits per heavy atom. The lowest BCUT2D eigenvalue weighted by atomic mass is 9.78. The third kappa shape index (κ3) is 4.01. The van der Waals surface area contributed by atoms with Crippen LogP contribution in [0.4, 0.5) is 8.78 Å². The monoisotopic (exact) mass is 431 g/mol. The molecule has 0 bridgehead atoms. The fourth-order valence-electron chi connectivity index (χ4n) is 3.66. The molecule has 0 fully saturated rings. The number of nitrogens with two attached hydrogens (primary N) is 1. The molecule has 1 unspecified atom stereocenters. The van der Waals surface area contributed by atoms with E-state index in [1.165, 1.54) is 12.1 Å². The molecule has 7 heteroatoms. The highest BCUT2D eigenvalue weighted by Gasteiger charge is 2.37. The number of para-hydroxylation sites is 1. The number of carboxylic acids is 1. The summed E-state index contributed by atoms with van der Waals surface area (Å²) in [6.45, 7) is 0. The Morgan fingerprint density at radius 3 is 2.50 bits per heavy atom. The van der Waals surface area contributed by atoms with Crippen LogP contribution in [0.15, 0.2) is 60.7 Å². The molecule has 0 aliphatic heterocycles. The molecule has 3 N–H and O–H groups in total. The number of carboxylic acid groups (broad SMARTS) is 1. The van der Waals surface area contributed by atoms with Gasteiger partial charge in [0.05, 0.1) is 0 Å². The Balaban J connectivity index is 0.00000256. The Bertz CT molecular complexity index is 1110. The highest BCUT2D eigenvalue weighted by atomic mass is 35.5. The van der Waals surface area contributed by atoms with E-state index in [4.69, 9.17) is 10.5 Å². The Kier molecular flexibility index (Phi) is 6.10. The summed E-state index contributed by atoms with van der Waals surface area (Å²) in [5.74, 6) is -2.06. The highest BCUT2D eigenvalue weighted by molar-refractivity contribution is 5.85. The molecule has 156 valence electrons. The number of benzene rings is 3. The summed E-state index contributed by atoms with van der Waals surface area (Å²) in [6.07, 6.45) is 1.15. The Hall–Kier alpha value is -2.96. The van der Waals surface area contributed by atoms with Crippen molar-refractivity contribution in [2.24, 2.45) is 5.73 Å². The van der Waals surface area contributed by atoms with Crippen molar-refractivity contribution >= 4 is 18.4 Å². The lowest BCUT2D eigenvalue weighted by Crippen LogP contribution is -2.52. The first-order valence-corrected chi connectivity index (χ1v) is 9.23. The summed E-state index contributed by atoms with van der Waals surface area (Å²) >= 11 is 0. The molecule has 0 saturated carbocycles. The fourth-order valence-corrected chi connectivity index (χ4v) is 3.66. The van der Waals surface area contributed by atoms with Crippen LogP contribution in [0.25, 0.3) is 11.1 Å². The summed E-state index contributed by atoms with van der Waals surface area (Å²) in [6, 6.07) is 16.2. The average molecular weight is 432 g/mol. The standard InChI is InChI=1S/C23H19F2NO3.ClH/c24-19-6-3-5-18(21(19)25)17-4-1-2-7-20(17)29-16-9-8-14-10-11-23(26,22(27)28)13-15(14)12-16;/h1-9,12H,10-11,13,26H2,(H,27,28);1H. The topological polar surface area (TPSA) is 72.6 Å². The quantitative estimate of drug-likeness (QED) is 0.601. The van der Waals surface area contributed by atoms with Crippen LogP contribution >= 0.6 is 12.4 Å². The number of aryl methyl sites for hydroxylation is 1. The minimum Gasteiger partial charge on any atom is -0.480 e.